The Labute approximate surface area is 260 Å². The van der Waals surface area contributed by atoms with Crippen LogP contribution in [-0.2, 0) is 0 Å². The summed E-state index contributed by atoms with van der Waals surface area (Å²) >= 11 is 0. The van der Waals surface area contributed by atoms with Crippen LogP contribution in [0.3, 0.4) is 0 Å². The normalized spacial score (nSPS) is 12.3. The van der Waals surface area contributed by atoms with Gasteiger partial charge in [-0.25, -0.2) is 0 Å². The number of fused-ring (bicyclic) bond motifs is 13. The van der Waals surface area contributed by atoms with Crippen LogP contribution in [0, 0.1) is 0 Å². The first-order valence-electron chi connectivity index (χ1n) is 15.4. The summed E-state index contributed by atoms with van der Waals surface area (Å²) < 4.78 is 25.0. The molecule has 0 fully saturated rings. The summed E-state index contributed by atoms with van der Waals surface area (Å²) in [5.74, 6) is 0. The molecular weight excluding hydrogens is 568 g/mol. The summed E-state index contributed by atoms with van der Waals surface area (Å²) in [5, 5.41) is 8.60. The highest BCUT2D eigenvalue weighted by atomic mass is 16.3. The number of hydrogen-bond donors (Lipinski definition) is 0. The van der Waals surface area contributed by atoms with Gasteiger partial charge in [-0.1, -0.05) is 72.8 Å². The van der Waals surface area contributed by atoms with Crippen molar-refractivity contribution in [3.63, 3.8) is 0 Å². The van der Waals surface area contributed by atoms with Crippen molar-refractivity contribution in [1.82, 2.24) is 0 Å². The summed E-state index contributed by atoms with van der Waals surface area (Å²) in [6.07, 6.45) is 0. The van der Waals surface area contributed by atoms with E-state index in [-0.39, 0.29) is 0 Å². The van der Waals surface area contributed by atoms with Crippen LogP contribution in [-0.4, -0.2) is 0 Å². The first kappa shape index (κ1) is 24.1. The van der Waals surface area contributed by atoms with Gasteiger partial charge in [-0.05, 0) is 82.9 Å². The van der Waals surface area contributed by atoms with E-state index in [9.17, 15) is 0 Å². The molecule has 0 saturated heterocycles. The lowest BCUT2D eigenvalue weighted by Crippen LogP contribution is -1.81. The highest BCUT2D eigenvalue weighted by molar-refractivity contribution is 6.22. The molecule has 214 valence electrons. The molecule has 0 saturated carbocycles. The maximum absolute atomic E-state index is 6.42. The minimum atomic E-state index is 0.841. The van der Waals surface area contributed by atoms with E-state index in [0.29, 0.717) is 0 Å². The fourth-order valence-corrected chi connectivity index (χ4v) is 7.25. The van der Waals surface area contributed by atoms with E-state index in [4.69, 9.17) is 17.7 Å². The van der Waals surface area contributed by atoms with Crippen molar-refractivity contribution < 1.29 is 17.7 Å². The summed E-state index contributed by atoms with van der Waals surface area (Å²) in [6, 6.07) is 46.2. The lowest BCUT2D eigenvalue weighted by Gasteiger charge is -2.06. The number of para-hydroxylation sites is 2. The Kier molecular flexibility index (Phi) is 4.55. The van der Waals surface area contributed by atoms with Crippen LogP contribution in [0.4, 0.5) is 0 Å². The number of rotatable bonds is 2. The van der Waals surface area contributed by atoms with Gasteiger partial charge in [0.2, 0.25) is 0 Å². The molecule has 0 spiro atoms. The molecule has 0 amide bonds. The second-order valence-corrected chi connectivity index (χ2v) is 12.1. The first-order chi connectivity index (χ1) is 22.7. The molecule has 0 bridgehead atoms. The van der Waals surface area contributed by atoms with E-state index >= 15 is 0 Å². The SMILES string of the molecule is c1ccc2c(c1)oc1cc3c(cc12)oc1ccc(-c2ccc(-c4ccc5oc6c(ccc7oc8ccccc8c76)c5c4)cc2)cc13. The van der Waals surface area contributed by atoms with Crippen molar-refractivity contribution in [3.8, 4) is 22.3 Å². The lowest BCUT2D eigenvalue weighted by molar-refractivity contribution is 0.663. The fourth-order valence-electron chi connectivity index (χ4n) is 7.25. The van der Waals surface area contributed by atoms with Gasteiger partial charge in [0.1, 0.15) is 44.7 Å². The van der Waals surface area contributed by atoms with Gasteiger partial charge in [-0.3, -0.25) is 0 Å². The van der Waals surface area contributed by atoms with Crippen LogP contribution < -0.4 is 0 Å². The van der Waals surface area contributed by atoms with E-state index in [1.165, 1.54) is 0 Å². The van der Waals surface area contributed by atoms with Gasteiger partial charge in [0.15, 0.2) is 0 Å². The van der Waals surface area contributed by atoms with Crippen LogP contribution in [0.1, 0.15) is 0 Å². The van der Waals surface area contributed by atoms with Crippen molar-refractivity contribution >= 4 is 87.8 Å². The largest absolute Gasteiger partial charge is 0.456 e. The highest BCUT2D eigenvalue weighted by Gasteiger charge is 2.17. The highest BCUT2D eigenvalue weighted by Crippen LogP contribution is 2.41. The Bertz CT molecular complexity index is 3020. The summed E-state index contributed by atoms with van der Waals surface area (Å²) in [5.41, 5.74) is 11.5. The summed E-state index contributed by atoms with van der Waals surface area (Å²) in [6.45, 7) is 0. The van der Waals surface area contributed by atoms with Gasteiger partial charge < -0.3 is 17.7 Å². The van der Waals surface area contributed by atoms with E-state index in [1.807, 2.05) is 42.5 Å². The fraction of sp³-hybridized carbons (Fsp3) is 0. The Morgan fingerprint density at radius 3 is 1.41 bits per heavy atom. The monoisotopic (exact) mass is 590 g/mol. The molecule has 4 nitrogen and oxygen atoms in total. The topological polar surface area (TPSA) is 52.6 Å². The van der Waals surface area contributed by atoms with Gasteiger partial charge in [-0.2, -0.15) is 0 Å². The van der Waals surface area contributed by atoms with Crippen LogP contribution in [0.2, 0.25) is 0 Å². The average Bonchev–Trinajstić information content (AvgIpc) is 3.86. The van der Waals surface area contributed by atoms with Gasteiger partial charge in [0, 0.05) is 37.7 Å². The zero-order valence-corrected chi connectivity index (χ0v) is 24.3. The zero-order chi connectivity index (χ0) is 29.9. The molecule has 11 aromatic rings. The molecule has 0 aliphatic carbocycles. The van der Waals surface area contributed by atoms with E-state index in [2.05, 4.69) is 91.0 Å². The molecular formula is C42H22O4. The number of hydrogen-bond acceptors (Lipinski definition) is 4. The van der Waals surface area contributed by atoms with E-state index < -0.39 is 0 Å². The molecule has 4 heteroatoms. The smallest absolute Gasteiger partial charge is 0.147 e. The molecule has 11 rings (SSSR count). The predicted octanol–water partition coefficient (Wildman–Crippen LogP) is 12.6. The minimum absolute atomic E-state index is 0.841. The van der Waals surface area contributed by atoms with Crippen molar-refractivity contribution in [2.45, 2.75) is 0 Å². The van der Waals surface area contributed by atoms with Crippen molar-refractivity contribution in [2.75, 3.05) is 0 Å². The van der Waals surface area contributed by atoms with Gasteiger partial charge in [0.25, 0.3) is 0 Å². The van der Waals surface area contributed by atoms with Gasteiger partial charge in [-0.15, -0.1) is 0 Å². The third kappa shape index (κ3) is 3.27. The van der Waals surface area contributed by atoms with Gasteiger partial charge in [0.05, 0.1) is 5.39 Å². The zero-order valence-electron chi connectivity index (χ0n) is 24.3. The van der Waals surface area contributed by atoms with E-state index in [1.54, 1.807) is 0 Å². The van der Waals surface area contributed by atoms with Crippen LogP contribution >= 0.6 is 0 Å². The molecule has 0 atom stereocenters. The van der Waals surface area contributed by atoms with Crippen LogP contribution in [0.5, 0.6) is 0 Å². The Balaban J connectivity index is 0.991. The second kappa shape index (κ2) is 8.68. The van der Waals surface area contributed by atoms with Gasteiger partial charge >= 0.3 is 0 Å². The minimum Gasteiger partial charge on any atom is -0.456 e. The molecule has 0 aliphatic rings. The third-order valence-corrected chi connectivity index (χ3v) is 9.50. The lowest BCUT2D eigenvalue weighted by atomic mass is 9.98. The Morgan fingerprint density at radius 1 is 0.261 bits per heavy atom. The number of benzene rings is 7. The standard InChI is InChI=1S/C42H22O4/c1-3-7-34-27(5-1)32-21-40-33(22-39(32)44-34)31-20-26(13-16-36(31)45-40)24-11-9-23(10-12-24)25-14-17-37-30(19-25)28-15-18-38-41(42(28)46-37)29-6-2-4-8-35(29)43-38/h1-22H. The Morgan fingerprint density at radius 2 is 0.717 bits per heavy atom. The quantitative estimate of drug-likeness (QED) is 0.201. The molecule has 0 radical (unpaired) electrons. The van der Waals surface area contributed by atoms with Crippen molar-refractivity contribution in [2.24, 2.45) is 0 Å². The van der Waals surface area contributed by atoms with Crippen LogP contribution in [0.25, 0.3) is 110 Å². The maximum Gasteiger partial charge on any atom is 0.147 e. The third-order valence-electron chi connectivity index (χ3n) is 9.50. The molecule has 0 N–H and O–H groups in total. The second-order valence-electron chi connectivity index (χ2n) is 12.1. The number of furan rings is 4. The Hall–Kier alpha value is -6.26. The molecule has 0 aliphatic heterocycles. The predicted molar refractivity (Wildman–Crippen MR) is 186 cm³/mol. The molecule has 4 heterocycles. The average molecular weight is 591 g/mol. The maximum atomic E-state index is 6.42. The van der Waals surface area contributed by atoms with Crippen molar-refractivity contribution in [3.05, 3.63) is 133 Å². The van der Waals surface area contributed by atoms with E-state index in [0.717, 1.165) is 110 Å². The first-order valence-corrected chi connectivity index (χ1v) is 15.4. The molecule has 4 aromatic heterocycles. The summed E-state index contributed by atoms with van der Waals surface area (Å²) in [4.78, 5) is 0. The summed E-state index contributed by atoms with van der Waals surface area (Å²) in [7, 11) is 0. The molecule has 46 heavy (non-hydrogen) atoms. The molecule has 0 unspecified atom stereocenters. The van der Waals surface area contributed by atoms with Crippen molar-refractivity contribution in [1.29, 1.82) is 0 Å². The molecule has 7 aromatic carbocycles. The van der Waals surface area contributed by atoms with Crippen LogP contribution in [0.15, 0.2) is 151 Å².